The minimum atomic E-state index is -3.37. The van der Waals surface area contributed by atoms with Gasteiger partial charge in [-0.15, -0.1) is 11.3 Å². The Morgan fingerprint density at radius 2 is 2.00 bits per heavy atom. The SMILES string of the molecule is N#Cc1c(NC(=O)CCCS(=O)(=O)c2ccccc2)sc2c1CCC2. The van der Waals surface area contributed by atoms with E-state index in [1.807, 2.05) is 0 Å². The van der Waals surface area contributed by atoms with Crippen LogP contribution < -0.4 is 5.32 Å². The van der Waals surface area contributed by atoms with Gasteiger partial charge in [0.25, 0.3) is 0 Å². The average molecular weight is 374 g/mol. The van der Waals surface area contributed by atoms with Gasteiger partial charge in [-0.1, -0.05) is 18.2 Å². The zero-order valence-electron chi connectivity index (χ0n) is 13.6. The number of rotatable bonds is 6. The van der Waals surface area contributed by atoms with Gasteiger partial charge in [-0.05, 0) is 43.4 Å². The molecule has 130 valence electrons. The Hall–Kier alpha value is -2.17. The fraction of sp³-hybridized carbons (Fsp3) is 0.333. The first-order valence-corrected chi connectivity index (χ1v) is 10.6. The van der Waals surface area contributed by atoms with Gasteiger partial charge in [0.2, 0.25) is 5.91 Å². The number of amides is 1. The second-order valence-corrected chi connectivity index (χ2v) is 9.17. The lowest BCUT2D eigenvalue weighted by Crippen LogP contribution is -2.14. The molecule has 5 nitrogen and oxygen atoms in total. The van der Waals surface area contributed by atoms with E-state index in [1.165, 1.54) is 16.2 Å². The van der Waals surface area contributed by atoms with Crippen molar-refractivity contribution in [1.82, 2.24) is 0 Å². The van der Waals surface area contributed by atoms with Crippen molar-refractivity contribution in [1.29, 1.82) is 5.26 Å². The summed E-state index contributed by atoms with van der Waals surface area (Å²) in [4.78, 5) is 13.6. The fourth-order valence-corrected chi connectivity index (χ4v) is 5.56. The van der Waals surface area contributed by atoms with Crippen LogP contribution >= 0.6 is 11.3 Å². The summed E-state index contributed by atoms with van der Waals surface area (Å²) in [6.45, 7) is 0. The summed E-state index contributed by atoms with van der Waals surface area (Å²) in [5.74, 6) is -0.323. The van der Waals surface area contributed by atoms with E-state index in [2.05, 4.69) is 11.4 Å². The molecule has 25 heavy (non-hydrogen) atoms. The normalized spacial score (nSPS) is 13.2. The van der Waals surface area contributed by atoms with E-state index in [0.29, 0.717) is 10.6 Å². The number of thiophene rings is 1. The minimum Gasteiger partial charge on any atom is -0.317 e. The average Bonchev–Trinajstić information content (AvgIpc) is 3.16. The zero-order chi connectivity index (χ0) is 17.9. The molecule has 0 bridgehead atoms. The van der Waals surface area contributed by atoms with E-state index >= 15 is 0 Å². The number of anilines is 1. The zero-order valence-corrected chi connectivity index (χ0v) is 15.3. The number of fused-ring (bicyclic) bond motifs is 1. The molecule has 0 unspecified atom stereocenters. The molecule has 1 aromatic heterocycles. The molecule has 0 aliphatic heterocycles. The van der Waals surface area contributed by atoms with Gasteiger partial charge in [-0.25, -0.2) is 8.42 Å². The number of nitriles is 1. The standard InChI is InChI=1S/C18H18N2O3S2/c19-12-15-14-8-4-9-16(14)24-18(15)20-17(21)10-5-11-25(22,23)13-6-2-1-3-7-13/h1-3,6-7H,4-5,8-11H2,(H,20,21). The molecule has 0 spiro atoms. The number of benzene rings is 1. The minimum absolute atomic E-state index is 0.0729. The maximum Gasteiger partial charge on any atom is 0.225 e. The monoisotopic (exact) mass is 374 g/mol. The van der Waals surface area contributed by atoms with Crippen molar-refractivity contribution in [3.8, 4) is 6.07 Å². The van der Waals surface area contributed by atoms with E-state index in [9.17, 15) is 18.5 Å². The first-order valence-electron chi connectivity index (χ1n) is 8.13. The summed E-state index contributed by atoms with van der Waals surface area (Å²) in [7, 11) is -3.37. The number of hydrogen-bond donors (Lipinski definition) is 1. The van der Waals surface area contributed by atoms with E-state index in [-0.39, 0.29) is 29.4 Å². The smallest absolute Gasteiger partial charge is 0.225 e. The van der Waals surface area contributed by atoms with Crippen molar-refractivity contribution in [3.63, 3.8) is 0 Å². The molecule has 0 fully saturated rings. The number of carbonyl (C=O) groups excluding carboxylic acids is 1. The third-order valence-electron chi connectivity index (χ3n) is 4.21. The molecule has 0 saturated carbocycles. The van der Waals surface area contributed by atoms with Crippen LogP contribution in [0.4, 0.5) is 5.00 Å². The number of nitrogens with zero attached hydrogens (tertiary/aromatic N) is 1. The molecule has 0 radical (unpaired) electrons. The Kier molecular flexibility index (Phi) is 5.21. The molecule has 1 heterocycles. The summed E-state index contributed by atoms with van der Waals surface area (Å²) in [6.07, 6.45) is 3.26. The van der Waals surface area contributed by atoms with Crippen molar-refractivity contribution in [2.24, 2.45) is 0 Å². The van der Waals surface area contributed by atoms with Gasteiger partial charge in [-0.2, -0.15) is 5.26 Å². The number of sulfone groups is 1. The van der Waals surface area contributed by atoms with Gasteiger partial charge in [0, 0.05) is 11.3 Å². The second kappa shape index (κ2) is 7.38. The largest absolute Gasteiger partial charge is 0.317 e. The quantitative estimate of drug-likeness (QED) is 0.840. The van der Waals surface area contributed by atoms with Crippen molar-refractivity contribution >= 4 is 32.1 Å². The topological polar surface area (TPSA) is 87.0 Å². The highest BCUT2D eigenvalue weighted by molar-refractivity contribution is 7.91. The molecule has 1 N–H and O–H groups in total. The summed E-state index contributed by atoms with van der Waals surface area (Å²) >= 11 is 1.46. The molecule has 3 rings (SSSR count). The lowest BCUT2D eigenvalue weighted by atomic mass is 10.1. The van der Waals surface area contributed by atoms with E-state index in [0.717, 1.165) is 24.8 Å². The maximum absolute atomic E-state index is 12.2. The van der Waals surface area contributed by atoms with E-state index < -0.39 is 9.84 Å². The van der Waals surface area contributed by atoms with Gasteiger partial charge in [-0.3, -0.25) is 4.79 Å². The summed E-state index contributed by atoms with van der Waals surface area (Å²) in [5.41, 5.74) is 1.64. The Labute approximate surface area is 151 Å². The number of nitrogens with one attached hydrogen (secondary N) is 1. The summed E-state index contributed by atoms with van der Waals surface area (Å²) in [6, 6.07) is 10.4. The van der Waals surface area contributed by atoms with E-state index in [1.54, 1.807) is 30.3 Å². The first-order chi connectivity index (χ1) is 12.0. The third kappa shape index (κ3) is 3.91. The number of carbonyl (C=O) groups is 1. The van der Waals surface area contributed by atoms with Crippen LogP contribution in [0, 0.1) is 11.3 Å². The molecule has 1 aliphatic carbocycles. The van der Waals surface area contributed by atoms with Crippen LogP contribution in [0.15, 0.2) is 35.2 Å². The molecule has 1 amide bonds. The van der Waals surface area contributed by atoms with Crippen molar-refractivity contribution < 1.29 is 13.2 Å². The van der Waals surface area contributed by atoms with Gasteiger partial charge in [0.05, 0.1) is 16.2 Å². The van der Waals surface area contributed by atoms with Crippen molar-refractivity contribution in [3.05, 3.63) is 46.3 Å². The molecule has 1 aromatic carbocycles. The van der Waals surface area contributed by atoms with Gasteiger partial charge < -0.3 is 5.32 Å². The van der Waals surface area contributed by atoms with Crippen molar-refractivity contribution in [2.75, 3.05) is 11.1 Å². The predicted octanol–water partition coefficient (Wildman–Crippen LogP) is 3.30. The Morgan fingerprint density at radius 1 is 1.24 bits per heavy atom. The van der Waals surface area contributed by atoms with Crippen LogP contribution in [0.25, 0.3) is 0 Å². The van der Waals surface area contributed by atoms with Crippen LogP contribution in [0.5, 0.6) is 0 Å². The Bertz CT molecular complexity index is 925. The van der Waals surface area contributed by atoms with Crippen LogP contribution in [-0.2, 0) is 27.5 Å². The van der Waals surface area contributed by atoms with Gasteiger partial charge in [0.15, 0.2) is 9.84 Å². The highest BCUT2D eigenvalue weighted by Crippen LogP contribution is 2.38. The molecule has 7 heteroatoms. The van der Waals surface area contributed by atoms with Crippen molar-refractivity contribution in [2.45, 2.75) is 37.0 Å². The molecular formula is C18H18N2O3S2. The maximum atomic E-state index is 12.2. The highest BCUT2D eigenvalue weighted by Gasteiger charge is 2.23. The Morgan fingerprint density at radius 3 is 2.72 bits per heavy atom. The second-order valence-electron chi connectivity index (χ2n) is 5.96. The molecule has 2 aromatic rings. The first kappa shape index (κ1) is 17.6. The lowest BCUT2D eigenvalue weighted by Gasteiger charge is -2.06. The molecular weight excluding hydrogens is 356 g/mol. The highest BCUT2D eigenvalue weighted by atomic mass is 32.2. The molecule has 0 saturated heterocycles. The Balaban J connectivity index is 1.57. The van der Waals surface area contributed by atoms with Crippen LogP contribution in [0.1, 0.15) is 35.3 Å². The van der Waals surface area contributed by atoms with Crippen LogP contribution in [0.3, 0.4) is 0 Å². The summed E-state index contributed by atoms with van der Waals surface area (Å²) in [5, 5.41) is 12.7. The van der Waals surface area contributed by atoms with Crippen LogP contribution in [-0.4, -0.2) is 20.1 Å². The van der Waals surface area contributed by atoms with Crippen LogP contribution in [0.2, 0.25) is 0 Å². The lowest BCUT2D eigenvalue weighted by molar-refractivity contribution is -0.116. The van der Waals surface area contributed by atoms with E-state index in [4.69, 9.17) is 0 Å². The fourth-order valence-electron chi connectivity index (χ4n) is 2.97. The molecule has 1 aliphatic rings. The number of hydrogen-bond acceptors (Lipinski definition) is 5. The predicted molar refractivity (Wildman–Crippen MR) is 97.4 cm³/mol. The van der Waals surface area contributed by atoms with Gasteiger partial charge >= 0.3 is 0 Å². The number of aryl methyl sites for hydroxylation is 1. The summed E-state index contributed by atoms with van der Waals surface area (Å²) < 4.78 is 24.4. The van der Waals surface area contributed by atoms with Gasteiger partial charge in [0.1, 0.15) is 11.1 Å². The third-order valence-corrected chi connectivity index (χ3v) is 7.23. The molecule has 0 atom stereocenters.